The molecule has 0 aromatic heterocycles. The normalized spacial score (nSPS) is 12.6. The molecule has 0 bridgehead atoms. The molecule has 0 saturated heterocycles. The largest absolute Gasteiger partial charge is 0.496 e. The second-order valence-corrected chi connectivity index (χ2v) is 8.93. The maximum Gasteiger partial charge on any atom is 0.258 e. The second kappa shape index (κ2) is 9.34. The summed E-state index contributed by atoms with van der Waals surface area (Å²) in [6.45, 7) is 14.7. The van der Waals surface area contributed by atoms with Gasteiger partial charge in [0.2, 0.25) is 0 Å². The summed E-state index contributed by atoms with van der Waals surface area (Å²) in [5.41, 5.74) is 4.38. The van der Waals surface area contributed by atoms with E-state index in [-0.39, 0.29) is 24.0 Å². The Morgan fingerprint density at radius 3 is 2.28 bits per heavy atom. The second-order valence-electron chi connectivity index (χ2n) is 8.93. The average molecular weight is 398 g/mol. The zero-order valence-electron chi connectivity index (χ0n) is 19.1. The fourth-order valence-corrected chi connectivity index (χ4v) is 3.53. The Morgan fingerprint density at radius 1 is 1.03 bits per heavy atom. The van der Waals surface area contributed by atoms with Crippen LogP contribution in [0, 0.1) is 6.92 Å². The topological polar surface area (TPSA) is 47.6 Å². The van der Waals surface area contributed by atoms with Crippen molar-refractivity contribution in [2.75, 3.05) is 13.7 Å². The summed E-state index contributed by atoms with van der Waals surface area (Å²) < 4.78 is 11.4. The number of para-hydroxylation sites is 1. The van der Waals surface area contributed by atoms with E-state index in [9.17, 15) is 4.79 Å². The van der Waals surface area contributed by atoms with Crippen molar-refractivity contribution in [3.05, 3.63) is 58.7 Å². The summed E-state index contributed by atoms with van der Waals surface area (Å²) in [5.74, 6) is 1.85. The smallest absolute Gasteiger partial charge is 0.258 e. The maximum atomic E-state index is 12.6. The lowest BCUT2D eigenvalue weighted by Crippen LogP contribution is -2.32. The Balaban J connectivity index is 2.10. The minimum absolute atomic E-state index is 0.0102. The van der Waals surface area contributed by atoms with Crippen LogP contribution < -0.4 is 14.8 Å². The van der Waals surface area contributed by atoms with Crippen LogP contribution in [0.15, 0.2) is 36.4 Å². The van der Waals surface area contributed by atoms with Gasteiger partial charge in [0.25, 0.3) is 5.91 Å². The van der Waals surface area contributed by atoms with Crippen molar-refractivity contribution >= 4 is 5.91 Å². The number of rotatable bonds is 7. The first-order valence-electron chi connectivity index (χ1n) is 10.2. The van der Waals surface area contributed by atoms with Crippen LogP contribution in [0.2, 0.25) is 0 Å². The van der Waals surface area contributed by atoms with Crippen LogP contribution in [0.3, 0.4) is 0 Å². The van der Waals surface area contributed by atoms with Crippen molar-refractivity contribution in [2.45, 2.75) is 65.8 Å². The van der Waals surface area contributed by atoms with Gasteiger partial charge in [0, 0.05) is 0 Å². The van der Waals surface area contributed by atoms with E-state index in [1.807, 2.05) is 44.2 Å². The number of ether oxygens (including phenoxy) is 2. The van der Waals surface area contributed by atoms with E-state index in [1.165, 1.54) is 0 Å². The molecule has 29 heavy (non-hydrogen) atoms. The van der Waals surface area contributed by atoms with Crippen LogP contribution in [0.4, 0.5) is 0 Å². The number of carbonyl (C=O) groups is 1. The number of nitrogens with one attached hydrogen (secondary N) is 1. The fourth-order valence-electron chi connectivity index (χ4n) is 3.53. The molecule has 0 aliphatic carbocycles. The Morgan fingerprint density at radius 2 is 1.69 bits per heavy atom. The van der Waals surface area contributed by atoms with Crippen LogP contribution in [-0.2, 0) is 10.2 Å². The van der Waals surface area contributed by atoms with Crippen molar-refractivity contribution in [3.63, 3.8) is 0 Å². The van der Waals surface area contributed by atoms with Gasteiger partial charge in [-0.05, 0) is 65.6 Å². The van der Waals surface area contributed by atoms with Crippen molar-refractivity contribution in [1.29, 1.82) is 0 Å². The van der Waals surface area contributed by atoms with E-state index in [2.05, 4.69) is 46.0 Å². The minimum Gasteiger partial charge on any atom is -0.496 e. The van der Waals surface area contributed by atoms with E-state index in [4.69, 9.17) is 9.47 Å². The fraction of sp³-hybridized carbons (Fsp3) is 0.480. The lowest BCUT2D eigenvalue weighted by Gasteiger charge is -2.23. The Bertz CT molecular complexity index is 850. The molecule has 158 valence electrons. The van der Waals surface area contributed by atoms with Gasteiger partial charge in [-0.2, -0.15) is 0 Å². The quantitative estimate of drug-likeness (QED) is 0.654. The highest BCUT2D eigenvalue weighted by atomic mass is 16.5. The van der Waals surface area contributed by atoms with E-state index in [1.54, 1.807) is 7.11 Å². The lowest BCUT2D eigenvalue weighted by molar-refractivity contribution is -0.123. The molecule has 4 heteroatoms. The highest BCUT2D eigenvalue weighted by Crippen LogP contribution is 2.32. The highest BCUT2D eigenvalue weighted by Gasteiger charge is 2.20. The van der Waals surface area contributed by atoms with Gasteiger partial charge in [-0.3, -0.25) is 4.79 Å². The molecule has 0 aliphatic heterocycles. The molecule has 2 aromatic carbocycles. The van der Waals surface area contributed by atoms with E-state index in [0.717, 1.165) is 33.8 Å². The SMILES string of the molecule is COc1cc(C)c([C@H](C)NC(=O)COc2ccccc2C(C)(C)C)cc1C(C)C. The molecule has 0 saturated carbocycles. The maximum absolute atomic E-state index is 12.6. The minimum atomic E-state index is -0.137. The Hall–Kier alpha value is -2.49. The molecular weight excluding hydrogens is 362 g/mol. The number of benzene rings is 2. The highest BCUT2D eigenvalue weighted by molar-refractivity contribution is 5.78. The molecule has 0 heterocycles. The zero-order chi connectivity index (χ0) is 21.8. The molecule has 0 unspecified atom stereocenters. The predicted molar refractivity (Wildman–Crippen MR) is 119 cm³/mol. The molecule has 0 fully saturated rings. The molecule has 0 aliphatic rings. The van der Waals surface area contributed by atoms with Gasteiger partial charge >= 0.3 is 0 Å². The molecule has 0 radical (unpaired) electrons. The molecule has 2 rings (SSSR count). The molecule has 1 N–H and O–H groups in total. The summed E-state index contributed by atoms with van der Waals surface area (Å²) in [5, 5.41) is 3.06. The van der Waals surface area contributed by atoms with Gasteiger partial charge in [-0.25, -0.2) is 0 Å². The van der Waals surface area contributed by atoms with Crippen LogP contribution in [0.1, 0.15) is 75.8 Å². The number of amides is 1. The molecule has 1 atom stereocenters. The summed E-state index contributed by atoms with van der Waals surface area (Å²) in [6, 6.07) is 12.0. The third-order valence-corrected chi connectivity index (χ3v) is 5.14. The van der Waals surface area contributed by atoms with Crippen LogP contribution in [-0.4, -0.2) is 19.6 Å². The van der Waals surface area contributed by atoms with E-state index >= 15 is 0 Å². The first kappa shape index (κ1) is 22.8. The van der Waals surface area contributed by atoms with Gasteiger partial charge in [0.05, 0.1) is 13.2 Å². The summed E-state index contributed by atoms with van der Waals surface area (Å²) in [4.78, 5) is 12.6. The molecule has 2 aromatic rings. The number of aryl methyl sites for hydroxylation is 1. The monoisotopic (exact) mass is 397 g/mol. The predicted octanol–water partition coefficient (Wildman–Crippen LogP) is 5.68. The average Bonchev–Trinajstić information content (AvgIpc) is 2.65. The first-order chi connectivity index (χ1) is 13.5. The van der Waals surface area contributed by atoms with Crippen molar-refractivity contribution in [1.82, 2.24) is 5.32 Å². The summed E-state index contributed by atoms with van der Waals surface area (Å²) >= 11 is 0. The van der Waals surface area contributed by atoms with Crippen molar-refractivity contribution < 1.29 is 14.3 Å². The van der Waals surface area contributed by atoms with Crippen LogP contribution in [0.5, 0.6) is 11.5 Å². The van der Waals surface area contributed by atoms with Gasteiger partial charge in [0.1, 0.15) is 11.5 Å². The summed E-state index contributed by atoms with van der Waals surface area (Å²) in [6.07, 6.45) is 0. The van der Waals surface area contributed by atoms with E-state index in [0.29, 0.717) is 5.92 Å². The Kier molecular flexibility index (Phi) is 7.34. The van der Waals surface area contributed by atoms with Gasteiger partial charge in [0.15, 0.2) is 6.61 Å². The van der Waals surface area contributed by atoms with Crippen molar-refractivity contribution in [2.24, 2.45) is 0 Å². The van der Waals surface area contributed by atoms with Crippen LogP contribution in [0.25, 0.3) is 0 Å². The van der Waals surface area contributed by atoms with Gasteiger partial charge in [-0.15, -0.1) is 0 Å². The van der Waals surface area contributed by atoms with Gasteiger partial charge in [-0.1, -0.05) is 52.8 Å². The molecule has 4 nitrogen and oxygen atoms in total. The number of hydrogen-bond acceptors (Lipinski definition) is 3. The number of hydrogen-bond donors (Lipinski definition) is 1. The molecule has 1 amide bonds. The lowest BCUT2D eigenvalue weighted by atomic mass is 9.86. The van der Waals surface area contributed by atoms with E-state index < -0.39 is 0 Å². The standard InChI is InChI=1S/C25H35NO3/c1-16(2)19-14-20(17(3)13-23(19)28-8)18(4)26-24(27)15-29-22-12-10-9-11-21(22)25(5,6)7/h9-14,16,18H,15H2,1-8H3,(H,26,27)/t18-/m0/s1. The number of carbonyl (C=O) groups excluding carboxylic acids is 1. The first-order valence-corrected chi connectivity index (χ1v) is 10.2. The van der Waals surface area contributed by atoms with Gasteiger partial charge < -0.3 is 14.8 Å². The molecule has 0 spiro atoms. The zero-order valence-corrected chi connectivity index (χ0v) is 19.1. The molecular formula is C25H35NO3. The van der Waals surface area contributed by atoms with Crippen molar-refractivity contribution in [3.8, 4) is 11.5 Å². The number of methoxy groups -OCH3 is 1. The Labute approximate surface area is 175 Å². The third-order valence-electron chi connectivity index (χ3n) is 5.14. The van der Waals surface area contributed by atoms with Crippen LogP contribution >= 0.6 is 0 Å². The third kappa shape index (κ3) is 5.75. The summed E-state index contributed by atoms with van der Waals surface area (Å²) in [7, 11) is 1.69.